The summed E-state index contributed by atoms with van der Waals surface area (Å²) in [4.78, 5) is 0.980. The topological polar surface area (TPSA) is 64.0 Å². The van der Waals surface area contributed by atoms with Crippen molar-refractivity contribution in [2.24, 2.45) is 7.05 Å². The minimum atomic E-state index is -3.52. The van der Waals surface area contributed by atoms with Crippen LogP contribution in [0.2, 0.25) is 0 Å². The molecule has 0 saturated heterocycles. The fourth-order valence-corrected chi connectivity index (χ4v) is 5.29. The predicted molar refractivity (Wildman–Crippen MR) is 88.9 cm³/mol. The van der Waals surface area contributed by atoms with Crippen LogP contribution in [-0.2, 0) is 17.1 Å². The number of hydrogen-bond acceptors (Lipinski definition) is 4. The van der Waals surface area contributed by atoms with E-state index >= 15 is 0 Å². The number of sulfonamides is 1. The molecule has 0 spiro atoms. The van der Waals surface area contributed by atoms with Crippen LogP contribution >= 0.6 is 11.3 Å². The highest BCUT2D eigenvalue weighted by Crippen LogP contribution is 2.33. The first-order chi connectivity index (χ1) is 10.5. The number of rotatable bonds is 4. The fraction of sp³-hybridized carbons (Fsp3) is 0.533. The number of aromatic nitrogens is 2. The number of nitrogens with zero attached hydrogens (tertiary/aromatic N) is 2. The van der Waals surface area contributed by atoms with Gasteiger partial charge in [-0.3, -0.25) is 9.40 Å². The first-order valence-electron chi connectivity index (χ1n) is 7.59. The summed E-state index contributed by atoms with van der Waals surface area (Å²) in [6.45, 7) is 1.90. The van der Waals surface area contributed by atoms with Crippen LogP contribution in [0.3, 0.4) is 0 Å². The van der Waals surface area contributed by atoms with Gasteiger partial charge in [0.25, 0.3) is 10.0 Å². The van der Waals surface area contributed by atoms with Crippen LogP contribution in [0, 0.1) is 6.92 Å². The Morgan fingerprint density at radius 3 is 2.64 bits per heavy atom. The molecular weight excluding hydrogens is 318 g/mol. The zero-order chi connectivity index (χ0) is 15.7. The molecule has 1 N–H and O–H groups in total. The van der Waals surface area contributed by atoms with Crippen molar-refractivity contribution in [3.63, 3.8) is 0 Å². The van der Waals surface area contributed by atoms with Crippen LogP contribution in [0.4, 0.5) is 5.82 Å². The minimum absolute atomic E-state index is 0.338. The molecule has 1 aliphatic carbocycles. The van der Waals surface area contributed by atoms with E-state index in [1.807, 2.05) is 19.1 Å². The van der Waals surface area contributed by atoms with Gasteiger partial charge in [0, 0.05) is 23.9 Å². The molecule has 120 valence electrons. The van der Waals surface area contributed by atoms with Gasteiger partial charge in [0.2, 0.25) is 0 Å². The summed E-state index contributed by atoms with van der Waals surface area (Å²) in [5.41, 5.74) is 1.00. The molecule has 1 fully saturated rings. The monoisotopic (exact) mass is 339 g/mol. The van der Waals surface area contributed by atoms with Gasteiger partial charge < -0.3 is 0 Å². The Balaban J connectivity index is 1.82. The number of hydrogen-bond donors (Lipinski definition) is 1. The molecule has 7 heteroatoms. The Hall–Kier alpha value is -1.34. The smallest absolute Gasteiger partial charge is 0.263 e. The average molecular weight is 339 g/mol. The maximum absolute atomic E-state index is 12.4. The van der Waals surface area contributed by atoms with Crippen LogP contribution < -0.4 is 4.72 Å². The van der Waals surface area contributed by atoms with Crippen LogP contribution in [0.1, 0.15) is 48.6 Å². The summed E-state index contributed by atoms with van der Waals surface area (Å²) in [5, 5.41) is 4.51. The Labute approximate surface area is 135 Å². The third-order valence-electron chi connectivity index (χ3n) is 4.14. The lowest BCUT2D eigenvalue weighted by Gasteiger charge is -2.19. The second kappa shape index (κ2) is 6.04. The van der Waals surface area contributed by atoms with Crippen LogP contribution in [0.15, 0.2) is 22.4 Å². The number of nitrogens with one attached hydrogen (secondary N) is 1. The van der Waals surface area contributed by atoms with Gasteiger partial charge in [-0.2, -0.15) is 5.10 Å². The van der Waals surface area contributed by atoms with Gasteiger partial charge in [0.05, 0.1) is 5.69 Å². The van der Waals surface area contributed by atoms with Crippen molar-refractivity contribution in [1.82, 2.24) is 9.78 Å². The highest BCUT2D eigenvalue weighted by Gasteiger charge is 2.22. The molecule has 0 unspecified atom stereocenters. The Bertz CT molecular complexity index is 756. The van der Waals surface area contributed by atoms with Crippen LogP contribution in [0.25, 0.3) is 0 Å². The van der Waals surface area contributed by atoms with Gasteiger partial charge in [-0.05, 0) is 31.9 Å². The molecule has 5 nitrogen and oxygen atoms in total. The predicted octanol–water partition coefficient (Wildman–Crippen LogP) is 3.64. The van der Waals surface area contributed by atoms with Crippen molar-refractivity contribution in [3.8, 4) is 0 Å². The van der Waals surface area contributed by atoms with Crippen molar-refractivity contribution < 1.29 is 8.42 Å². The zero-order valence-electron chi connectivity index (χ0n) is 12.9. The van der Waals surface area contributed by atoms with Gasteiger partial charge in [0.15, 0.2) is 0 Å². The molecule has 1 aliphatic rings. The van der Waals surface area contributed by atoms with Crippen molar-refractivity contribution >= 4 is 27.2 Å². The number of anilines is 1. The van der Waals surface area contributed by atoms with Crippen molar-refractivity contribution in [1.29, 1.82) is 0 Å². The van der Waals surface area contributed by atoms with Gasteiger partial charge >= 0.3 is 0 Å². The summed E-state index contributed by atoms with van der Waals surface area (Å²) in [6, 6.07) is 5.34. The van der Waals surface area contributed by atoms with E-state index in [-0.39, 0.29) is 0 Å². The highest BCUT2D eigenvalue weighted by molar-refractivity contribution is 7.94. The van der Waals surface area contributed by atoms with Gasteiger partial charge in [0.1, 0.15) is 10.0 Å². The van der Waals surface area contributed by atoms with E-state index < -0.39 is 10.0 Å². The minimum Gasteiger partial charge on any atom is -0.263 e. The second-order valence-electron chi connectivity index (χ2n) is 5.88. The molecule has 0 bridgehead atoms. The normalized spacial score (nSPS) is 16.8. The van der Waals surface area contributed by atoms with E-state index in [0.717, 1.165) is 23.4 Å². The van der Waals surface area contributed by atoms with Crippen molar-refractivity contribution in [2.45, 2.75) is 49.2 Å². The summed E-state index contributed by atoms with van der Waals surface area (Å²) in [6.07, 6.45) is 6.05. The van der Waals surface area contributed by atoms with E-state index in [0.29, 0.717) is 15.9 Å². The molecular formula is C15H21N3O2S2. The molecule has 1 saturated carbocycles. The largest absolute Gasteiger partial charge is 0.272 e. The SMILES string of the molecule is Cc1ccc(S(=O)(=O)Nc2cc(C3CCCCC3)nn2C)s1. The molecule has 22 heavy (non-hydrogen) atoms. The third-order valence-corrected chi connectivity index (χ3v) is 6.99. The van der Waals surface area contributed by atoms with E-state index in [9.17, 15) is 8.42 Å². The van der Waals surface area contributed by atoms with Crippen LogP contribution in [-0.4, -0.2) is 18.2 Å². The lowest BCUT2D eigenvalue weighted by atomic mass is 9.87. The lowest BCUT2D eigenvalue weighted by Crippen LogP contribution is -2.14. The number of aryl methyl sites for hydroxylation is 2. The van der Waals surface area contributed by atoms with Gasteiger partial charge in [-0.25, -0.2) is 8.42 Å². The molecule has 3 rings (SSSR count). The molecule has 0 atom stereocenters. The summed E-state index contributed by atoms with van der Waals surface area (Å²) in [7, 11) is -1.74. The molecule has 0 amide bonds. The van der Waals surface area contributed by atoms with Gasteiger partial charge in [-0.1, -0.05) is 19.3 Å². The quantitative estimate of drug-likeness (QED) is 0.925. The molecule has 2 aromatic heterocycles. The average Bonchev–Trinajstić information content (AvgIpc) is 3.07. The first-order valence-corrected chi connectivity index (χ1v) is 9.89. The van der Waals surface area contributed by atoms with Gasteiger partial charge in [-0.15, -0.1) is 11.3 Å². The van der Waals surface area contributed by atoms with Crippen LogP contribution in [0.5, 0.6) is 0 Å². The van der Waals surface area contributed by atoms with Crippen molar-refractivity contribution in [2.75, 3.05) is 4.72 Å². The van der Waals surface area contributed by atoms with E-state index in [1.165, 1.54) is 30.6 Å². The summed E-state index contributed by atoms with van der Waals surface area (Å²) < 4.78 is 29.4. The Kier molecular flexibility index (Phi) is 4.27. The number of thiophene rings is 1. The van der Waals surface area contributed by atoms with E-state index in [4.69, 9.17) is 0 Å². The molecule has 2 heterocycles. The first kappa shape index (κ1) is 15.6. The summed E-state index contributed by atoms with van der Waals surface area (Å²) >= 11 is 1.27. The fourth-order valence-electron chi connectivity index (χ4n) is 2.93. The molecule has 0 aliphatic heterocycles. The standard InChI is InChI=1S/C15H21N3O2S2/c1-11-8-9-15(21-11)22(19,20)17-14-10-13(16-18(14)2)12-6-4-3-5-7-12/h8-10,12,17H,3-7H2,1-2H3. The summed E-state index contributed by atoms with van der Waals surface area (Å²) in [5.74, 6) is 0.994. The zero-order valence-corrected chi connectivity index (χ0v) is 14.5. The lowest BCUT2D eigenvalue weighted by molar-refractivity contribution is 0.433. The molecule has 2 aromatic rings. The second-order valence-corrected chi connectivity index (χ2v) is 9.08. The molecule has 0 aromatic carbocycles. The maximum atomic E-state index is 12.4. The van der Waals surface area contributed by atoms with E-state index in [1.54, 1.807) is 17.8 Å². The Morgan fingerprint density at radius 1 is 1.27 bits per heavy atom. The van der Waals surface area contributed by atoms with E-state index in [2.05, 4.69) is 9.82 Å². The van der Waals surface area contributed by atoms with Crippen molar-refractivity contribution in [3.05, 3.63) is 28.8 Å². The third kappa shape index (κ3) is 3.20. The maximum Gasteiger partial charge on any atom is 0.272 e. The highest BCUT2D eigenvalue weighted by atomic mass is 32.2. The molecule has 0 radical (unpaired) electrons. The Morgan fingerprint density at radius 2 is 2.00 bits per heavy atom.